The lowest BCUT2D eigenvalue weighted by molar-refractivity contribution is 0.0900. The van der Waals surface area contributed by atoms with Crippen molar-refractivity contribution in [1.82, 2.24) is 0 Å². The van der Waals surface area contributed by atoms with Crippen LogP contribution in [0.1, 0.15) is 25.3 Å². The number of ether oxygens (including phenoxy) is 1. The number of hydrogen-bond donors (Lipinski definition) is 1. The van der Waals surface area contributed by atoms with E-state index in [9.17, 15) is 0 Å². The molecule has 0 spiro atoms. The molecule has 2 atom stereocenters. The van der Waals surface area contributed by atoms with Gasteiger partial charge in [0.2, 0.25) is 0 Å². The molecule has 1 aromatic carbocycles. The van der Waals surface area contributed by atoms with Crippen LogP contribution in [-0.4, -0.2) is 19.3 Å². The average Bonchev–Trinajstić information content (AvgIpc) is 2.83. The second-order valence-electron chi connectivity index (χ2n) is 4.52. The van der Waals surface area contributed by atoms with Crippen LogP contribution in [0.15, 0.2) is 18.2 Å². The number of nitrogens with one attached hydrogen (secondary N) is 1. The summed E-state index contributed by atoms with van der Waals surface area (Å²) in [6, 6.07) is 7.62. The lowest BCUT2D eigenvalue weighted by Crippen LogP contribution is -2.23. The molecule has 0 radical (unpaired) electrons. The predicted molar refractivity (Wildman–Crippen MR) is 72.8 cm³/mol. The largest absolute Gasteiger partial charge is 0.384 e. The Labute approximate surface area is 113 Å². The molecule has 0 amide bonds. The molecule has 1 aromatic rings. The van der Waals surface area contributed by atoms with Crippen LogP contribution in [0.2, 0.25) is 5.02 Å². The van der Waals surface area contributed by atoms with E-state index in [0.717, 1.165) is 31.7 Å². The summed E-state index contributed by atoms with van der Waals surface area (Å²) in [5.74, 6) is 0.514. The van der Waals surface area contributed by atoms with Crippen LogP contribution in [0.25, 0.3) is 0 Å². The quantitative estimate of drug-likeness (QED) is 0.906. The molecule has 3 nitrogen and oxygen atoms in total. The van der Waals surface area contributed by atoms with Crippen LogP contribution >= 0.6 is 11.6 Å². The van der Waals surface area contributed by atoms with Crippen LogP contribution in [-0.2, 0) is 4.74 Å². The summed E-state index contributed by atoms with van der Waals surface area (Å²) in [4.78, 5) is 0. The molecule has 0 aliphatic carbocycles. The molecular formula is C14H17ClN2O. The van der Waals surface area contributed by atoms with Crippen molar-refractivity contribution in [3.05, 3.63) is 28.8 Å². The lowest BCUT2D eigenvalue weighted by atomic mass is 9.99. The number of nitriles is 1. The van der Waals surface area contributed by atoms with Crippen molar-refractivity contribution in [2.24, 2.45) is 5.92 Å². The molecule has 1 saturated heterocycles. The highest BCUT2D eigenvalue weighted by molar-refractivity contribution is 6.32. The Morgan fingerprint density at radius 2 is 2.39 bits per heavy atom. The smallest absolute Gasteiger partial charge is 0.103 e. The van der Waals surface area contributed by atoms with Gasteiger partial charge in [-0.15, -0.1) is 0 Å². The van der Waals surface area contributed by atoms with Gasteiger partial charge in [0, 0.05) is 19.1 Å². The number of anilines is 1. The molecule has 1 heterocycles. The zero-order chi connectivity index (χ0) is 13.0. The van der Waals surface area contributed by atoms with E-state index in [1.807, 2.05) is 12.1 Å². The van der Waals surface area contributed by atoms with Gasteiger partial charge in [0.25, 0.3) is 0 Å². The molecule has 1 aliphatic rings. The highest BCUT2D eigenvalue weighted by Crippen LogP contribution is 2.26. The summed E-state index contributed by atoms with van der Waals surface area (Å²) in [7, 11) is 0. The molecule has 2 unspecified atom stereocenters. The minimum Gasteiger partial charge on any atom is -0.384 e. The highest BCUT2D eigenvalue weighted by atomic mass is 35.5. The van der Waals surface area contributed by atoms with E-state index < -0.39 is 0 Å². The van der Waals surface area contributed by atoms with Gasteiger partial charge in [0.1, 0.15) is 6.07 Å². The Morgan fingerprint density at radius 1 is 1.56 bits per heavy atom. The molecule has 0 saturated carbocycles. The minimum atomic E-state index is 0.335. The predicted octanol–water partition coefficient (Wildman–Crippen LogP) is 3.44. The van der Waals surface area contributed by atoms with Crippen molar-refractivity contribution in [3.63, 3.8) is 0 Å². The van der Waals surface area contributed by atoms with Crippen LogP contribution < -0.4 is 5.32 Å². The first-order valence-corrected chi connectivity index (χ1v) is 6.68. The Balaban J connectivity index is 2.02. The maximum absolute atomic E-state index is 9.09. The fourth-order valence-corrected chi connectivity index (χ4v) is 2.62. The van der Waals surface area contributed by atoms with E-state index in [2.05, 4.69) is 18.3 Å². The van der Waals surface area contributed by atoms with Gasteiger partial charge in [-0.1, -0.05) is 24.6 Å². The fraction of sp³-hybridized carbons (Fsp3) is 0.500. The van der Waals surface area contributed by atoms with Crippen molar-refractivity contribution >= 4 is 17.3 Å². The number of rotatable bonds is 4. The maximum Gasteiger partial charge on any atom is 0.103 e. The SMILES string of the molecule is CCC1OCCC1CNc1cccc(Cl)c1C#N. The monoisotopic (exact) mass is 264 g/mol. The van der Waals surface area contributed by atoms with Crippen molar-refractivity contribution < 1.29 is 4.74 Å². The van der Waals surface area contributed by atoms with E-state index in [-0.39, 0.29) is 0 Å². The molecule has 0 bridgehead atoms. The van der Waals surface area contributed by atoms with Crippen molar-refractivity contribution in [1.29, 1.82) is 5.26 Å². The second-order valence-corrected chi connectivity index (χ2v) is 4.93. The van der Waals surface area contributed by atoms with E-state index in [1.165, 1.54) is 0 Å². The molecule has 2 rings (SSSR count). The minimum absolute atomic E-state index is 0.335. The zero-order valence-electron chi connectivity index (χ0n) is 10.4. The Bertz CT molecular complexity index is 456. The first kappa shape index (κ1) is 13.2. The van der Waals surface area contributed by atoms with E-state index >= 15 is 0 Å². The number of halogens is 1. The van der Waals surface area contributed by atoms with Crippen LogP contribution in [0.4, 0.5) is 5.69 Å². The van der Waals surface area contributed by atoms with Gasteiger partial charge in [-0.2, -0.15) is 5.26 Å². The maximum atomic E-state index is 9.09. The lowest BCUT2D eigenvalue weighted by Gasteiger charge is -2.18. The Hall–Kier alpha value is -1.24. The first-order chi connectivity index (χ1) is 8.76. The molecule has 18 heavy (non-hydrogen) atoms. The summed E-state index contributed by atoms with van der Waals surface area (Å²) in [5.41, 5.74) is 1.33. The van der Waals surface area contributed by atoms with Crippen LogP contribution in [0.3, 0.4) is 0 Å². The summed E-state index contributed by atoms with van der Waals surface area (Å²) in [5, 5.41) is 12.9. The van der Waals surface area contributed by atoms with E-state index in [1.54, 1.807) is 6.07 Å². The van der Waals surface area contributed by atoms with Gasteiger partial charge < -0.3 is 10.1 Å². The highest BCUT2D eigenvalue weighted by Gasteiger charge is 2.26. The van der Waals surface area contributed by atoms with Crippen LogP contribution in [0.5, 0.6) is 0 Å². The molecule has 1 N–H and O–H groups in total. The fourth-order valence-electron chi connectivity index (χ4n) is 2.40. The molecule has 0 aromatic heterocycles. The summed E-state index contributed by atoms with van der Waals surface area (Å²) in [6.07, 6.45) is 2.45. The third-order valence-corrected chi connectivity index (χ3v) is 3.74. The standard InChI is InChI=1S/C14H17ClN2O/c1-2-14-10(6-7-18-14)9-17-13-5-3-4-12(15)11(13)8-16/h3-5,10,14,17H,2,6-7,9H2,1H3. The topological polar surface area (TPSA) is 45.0 Å². The van der Waals surface area contributed by atoms with E-state index in [4.69, 9.17) is 21.6 Å². The number of benzene rings is 1. The summed E-state index contributed by atoms with van der Waals surface area (Å²) >= 11 is 5.99. The molecule has 4 heteroatoms. The summed E-state index contributed by atoms with van der Waals surface area (Å²) < 4.78 is 5.65. The Morgan fingerprint density at radius 3 is 3.11 bits per heavy atom. The second kappa shape index (κ2) is 6.08. The average molecular weight is 265 g/mol. The van der Waals surface area contributed by atoms with Gasteiger partial charge in [-0.3, -0.25) is 0 Å². The first-order valence-electron chi connectivity index (χ1n) is 6.30. The normalized spacial score (nSPS) is 22.7. The number of nitrogens with zero attached hydrogens (tertiary/aromatic N) is 1. The Kier molecular flexibility index (Phi) is 4.46. The van der Waals surface area contributed by atoms with Gasteiger partial charge >= 0.3 is 0 Å². The third kappa shape index (κ3) is 2.77. The molecule has 1 fully saturated rings. The van der Waals surface area contributed by atoms with Crippen molar-refractivity contribution in [2.45, 2.75) is 25.9 Å². The molecule has 96 valence electrons. The summed E-state index contributed by atoms with van der Waals surface area (Å²) in [6.45, 7) is 3.81. The van der Waals surface area contributed by atoms with Gasteiger partial charge in [-0.25, -0.2) is 0 Å². The zero-order valence-corrected chi connectivity index (χ0v) is 11.2. The van der Waals surface area contributed by atoms with Crippen LogP contribution in [0, 0.1) is 17.2 Å². The number of hydrogen-bond acceptors (Lipinski definition) is 3. The molecule has 1 aliphatic heterocycles. The third-order valence-electron chi connectivity index (χ3n) is 3.43. The van der Waals surface area contributed by atoms with Gasteiger partial charge in [0.05, 0.1) is 22.4 Å². The van der Waals surface area contributed by atoms with Crippen molar-refractivity contribution in [3.8, 4) is 6.07 Å². The van der Waals surface area contributed by atoms with Crippen molar-refractivity contribution in [2.75, 3.05) is 18.5 Å². The van der Waals surface area contributed by atoms with Gasteiger partial charge in [-0.05, 0) is 25.0 Å². The van der Waals surface area contributed by atoms with Gasteiger partial charge in [0.15, 0.2) is 0 Å². The molecular weight excluding hydrogens is 248 g/mol. The van der Waals surface area contributed by atoms with E-state index in [0.29, 0.717) is 22.6 Å².